The summed E-state index contributed by atoms with van der Waals surface area (Å²) in [6.45, 7) is 8.77. The largest absolute Gasteiger partial charge is 0.396 e. The summed E-state index contributed by atoms with van der Waals surface area (Å²) in [4.78, 5) is 12.1. The molecule has 0 aliphatic rings. The number of hydrogen-bond donors (Lipinski definition) is 2. The highest BCUT2D eigenvalue weighted by Crippen LogP contribution is 2.20. The molecule has 1 rings (SSSR count). The quantitative estimate of drug-likeness (QED) is 0.829. The van der Waals surface area contributed by atoms with E-state index in [0.29, 0.717) is 13.0 Å². The number of rotatable bonds is 6. The van der Waals surface area contributed by atoms with Crippen molar-refractivity contribution in [1.82, 2.24) is 5.32 Å². The van der Waals surface area contributed by atoms with Gasteiger partial charge in [-0.3, -0.25) is 4.79 Å². The molecule has 1 aromatic carbocycles. The van der Waals surface area contributed by atoms with Crippen molar-refractivity contribution in [2.45, 2.75) is 40.0 Å². The Hall–Kier alpha value is -1.35. The zero-order chi connectivity index (χ0) is 14.5. The predicted octanol–water partition coefficient (Wildman–Crippen LogP) is 2.62. The number of aliphatic hydroxyl groups is 1. The van der Waals surface area contributed by atoms with E-state index in [9.17, 15) is 4.79 Å². The second kappa shape index (κ2) is 6.71. The Balaban J connectivity index is 2.59. The van der Waals surface area contributed by atoms with Crippen LogP contribution < -0.4 is 5.32 Å². The molecule has 1 amide bonds. The summed E-state index contributed by atoms with van der Waals surface area (Å²) in [6, 6.07) is 8.03. The van der Waals surface area contributed by atoms with Crippen molar-refractivity contribution in [3.05, 3.63) is 35.4 Å². The van der Waals surface area contributed by atoms with E-state index in [0.717, 1.165) is 11.1 Å². The molecule has 0 radical (unpaired) electrons. The van der Waals surface area contributed by atoms with Crippen LogP contribution in [0.1, 0.15) is 44.2 Å². The zero-order valence-electron chi connectivity index (χ0n) is 12.4. The molecule has 0 saturated carbocycles. The first-order valence-electron chi connectivity index (χ1n) is 6.81. The van der Waals surface area contributed by atoms with Crippen LogP contribution in [-0.2, 0) is 4.79 Å². The molecular formula is C16H25NO2. The van der Waals surface area contributed by atoms with Crippen molar-refractivity contribution in [1.29, 1.82) is 0 Å². The minimum absolute atomic E-state index is 0.0385. The third-order valence-corrected chi connectivity index (χ3v) is 3.47. The van der Waals surface area contributed by atoms with Crippen LogP contribution in [0.4, 0.5) is 0 Å². The highest BCUT2D eigenvalue weighted by Gasteiger charge is 2.21. The van der Waals surface area contributed by atoms with Crippen molar-refractivity contribution >= 4 is 5.91 Å². The number of aliphatic hydroxyl groups excluding tert-OH is 1. The molecule has 3 nitrogen and oxygen atoms in total. The van der Waals surface area contributed by atoms with Gasteiger partial charge in [0.2, 0.25) is 5.91 Å². The van der Waals surface area contributed by atoms with E-state index >= 15 is 0 Å². The van der Waals surface area contributed by atoms with Gasteiger partial charge in [0.1, 0.15) is 0 Å². The van der Waals surface area contributed by atoms with E-state index in [-0.39, 0.29) is 23.8 Å². The van der Waals surface area contributed by atoms with Crippen LogP contribution >= 0.6 is 0 Å². The summed E-state index contributed by atoms with van der Waals surface area (Å²) in [5, 5.41) is 11.9. The summed E-state index contributed by atoms with van der Waals surface area (Å²) in [6.07, 6.45) is 0.687. The molecule has 0 saturated heterocycles. The van der Waals surface area contributed by atoms with Crippen molar-refractivity contribution in [3.63, 3.8) is 0 Å². The first-order valence-corrected chi connectivity index (χ1v) is 6.81. The number of carbonyl (C=O) groups is 1. The molecule has 1 aromatic rings. The molecule has 106 valence electrons. The van der Waals surface area contributed by atoms with Crippen LogP contribution in [0.2, 0.25) is 0 Å². The molecule has 2 N–H and O–H groups in total. The van der Waals surface area contributed by atoms with Gasteiger partial charge in [-0.2, -0.15) is 0 Å². The fourth-order valence-electron chi connectivity index (χ4n) is 1.96. The van der Waals surface area contributed by atoms with Gasteiger partial charge < -0.3 is 10.4 Å². The van der Waals surface area contributed by atoms with E-state index in [1.807, 2.05) is 52.0 Å². The molecule has 0 heterocycles. The summed E-state index contributed by atoms with van der Waals surface area (Å²) in [5.74, 6) is -0.110. The van der Waals surface area contributed by atoms with E-state index in [1.54, 1.807) is 0 Å². The molecule has 3 heteroatoms. The zero-order valence-corrected chi connectivity index (χ0v) is 12.4. The SMILES string of the molecule is Cc1cccc(C(C)C(=O)NCC(C)(C)CCO)c1. The minimum atomic E-state index is -0.148. The third-order valence-electron chi connectivity index (χ3n) is 3.47. The number of aryl methyl sites for hydroxylation is 1. The predicted molar refractivity (Wildman–Crippen MR) is 78.1 cm³/mol. The van der Waals surface area contributed by atoms with Gasteiger partial charge in [-0.25, -0.2) is 0 Å². The lowest BCUT2D eigenvalue weighted by Crippen LogP contribution is -2.36. The molecule has 0 aromatic heterocycles. The fourth-order valence-corrected chi connectivity index (χ4v) is 1.96. The van der Waals surface area contributed by atoms with E-state index in [2.05, 4.69) is 5.32 Å². The van der Waals surface area contributed by atoms with Gasteiger partial charge in [0.05, 0.1) is 5.92 Å². The number of amides is 1. The number of carbonyl (C=O) groups excluding carboxylic acids is 1. The number of hydrogen-bond acceptors (Lipinski definition) is 2. The Bertz CT molecular complexity index is 427. The van der Waals surface area contributed by atoms with Gasteiger partial charge in [0.15, 0.2) is 0 Å². The molecule has 1 unspecified atom stereocenters. The topological polar surface area (TPSA) is 49.3 Å². The number of nitrogens with one attached hydrogen (secondary N) is 1. The standard InChI is InChI=1S/C16H25NO2/c1-12-6-5-7-14(10-12)13(2)15(19)17-11-16(3,4)8-9-18/h5-7,10,13,18H,8-9,11H2,1-4H3,(H,17,19). The first-order chi connectivity index (χ1) is 8.85. The van der Waals surface area contributed by atoms with Gasteiger partial charge in [-0.1, -0.05) is 43.7 Å². The lowest BCUT2D eigenvalue weighted by atomic mass is 9.89. The fraction of sp³-hybridized carbons (Fsp3) is 0.562. The van der Waals surface area contributed by atoms with Crippen molar-refractivity contribution in [3.8, 4) is 0 Å². The molecule has 1 atom stereocenters. The maximum absolute atomic E-state index is 12.1. The van der Waals surface area contributed by atoms with E-state index in [4.69, 9.17) is 5.11 Å². The maximum atomic E-state index is 12.1. The summed E-state index contributed by atoms with van der Waals surface area (Å²) >= 11 is 0. The molecule has 0 bridgehead atoms. The average molecular weight is 263 g/mol. The first kappa shape index (κ1) is 15.7. The Morgan fingerprint density at radius 1 is 1.42 bits per heavy atom. The summed E-state index contributed by atoms with van der Waals surface area (Å²) in [7, 11) is 0. The third kappa shape index (κ3) is 5.03. The van der Waals surface area contributed by atoms with Crippen LogP contribution in [0.25, 0.3) is 0 Å². The lowest BCUT2D eigenvalue weighted by molar-refractivity contribution is -0.122. The van der Waals surface area contributed by atoms with Crippen molar-refractivity contribution < 1.29 is 9.90 Å². The Morgan fingerprint density at radius 3 is 2.68 bits per heavy atom. The van der Waals surface area contributed by atoms with E-state index < -0.39 is 0 Å². The van der Waals surface area contributed by atoms with Crippen LogP contribution in [0.5, 0.6) is 0 Å². The Morgan fingerprint density at radius 2 is 2.11 bits per heavy atom. The van der Waals surface area contributed by atoms with Crippen LogP contribution in [0.15, 0.2) is 24.3 Å². The summed E-state index contributed by atoms with van der Waals surface area (Å²) in [5.41, 5.74) is 2.13. The van der Waals surface area contributed by atoms with Crippen LogP contribution in [0, 0.1) is 12.3 Å². The van der Waals surface area contributed by atoms with Gasteiger partial charge in [0.25, 0.3) is 0 Å². The Labute approximate surface area is 116 Å². The smallest absolute Gasteiger partial charge is 0.227 e. The monoisotopic (exact) mass is 263 g/mol. The van der Waals surface area contributed by atoms with E-state index in [1.165, 1.54) is 0 Å². The molecule has 0 aliphatic carbocycles. The van der Waals surface area contributed by atoms with Crippen molar-refractivity contribution in [2.24, 2.45) is 5.41 Å². The molecule has 0 spiro atoms. The van der Waals surface area contributed by atoms with Gasteiger partial charge in [-0.15, -0.1) is 0 Å². The highest BCUT2D eigenvalue weighted by atomic mass is 16.3. The second-order valence-electron chi connectivity index (χ2n) is 5.99. The molecular weight excluding hydrogens is 238 g/mol. The van der Waals surface area contributed by atoms with Crippen LogP contribution in [0.3, 0.4) is 0 Å². The van der Waals surface area contributed by atoms with Gasteiger partial charge in [0, 0.05) is 13.2 Å². The number of benzene rings is 1. The van der Waals surface area contributed by atoms with Crippen LogP contribution in [-0.4, -0.2) is 24.2 Å². The Kier molecular flexibility index (Phi) is 5.55. The van der Waals surface area contributed by atoms with Gasteiger partial charge in [-0.05, 0) is 31.2 Å². The van der Waals surface area contributed by atoms with Crippen molar-refractivity contribution in [2.75, 3.05) is 13.2 Å². The minimum Gasteiger partial charge on any atom is -0.396 e. The average Bonchev–Trinajstić information content (AvgIpc) is 2.35. The maximum Gasteiger partial charge on any atom is 0.227 e. The normalized spacial score (nSPS) is 13.1. The summed E-state index contributed by atoms with van der Waals surface area (Å²) < 4.78 is 0. The molecule has 0 fully saturated rings. The highest BCUT2D eigenvalue weighted by molar-refractivity contribution is 5.83. The second-order valence-corrected chi connectivity index (χ2v) is 5.99. The molecule has 19 heavy (non-hydrogen) atoms. The lowest BCUT2D eigenvalue weighted by Gasteiger charge is -2.25. The van der Waals surface area contributed by atoms with Gasteiger partial charge >= 0.3 is 0 Å². The molecule has 0 aliphatic heterocycles.